The fourth-order valence-electron chi connectivity index (χ4n) is 3.43. The van der Waals surface area contributed by atoms with Crippen LogP contribution in [0.25, 0.3) is 45.7 Å². The molecule has 7 heteroatoms. The predicted molar refractivity (Wildman–Crippen MR) is 130 cm³/mol. The van der Waals surface area contributed by atoms with Crippen LogP contribution >= 0.6 is 0 Å². The summed E-state index contributed by atoms with van der Waals surface area (Å²) >= 11 is 0. The molecule has 0 aliphatic carbocycles. The van der Waals surface area contributed by atoms with Crippen LogP contribution in [0.2, 0.25) is 0 Å². The van der Waals surface area contributed by atoms with Crippen molar-refractivity contribution >= 4 is 23.1 Å². The van der Waals surface area contributed by atoms with Crippen LogP contribution in [0.15, 0.2) is 92.9 Å². The van der Waals surface area contributed by atoms with Gasteiger partial charge in [0, 0.05) is 22.7 Å². The molecule has 0 radical (unpaired) electrons. The molecule has 3 heterocycles. The van der Waals surface area contributed by atoms with Crippen LogP contribution in [0.5, 0.6) is 0 Å². The van der Waals surface area contributed by atoms with Crippen LogP contribution in [0.1, 0.15) is 11.5 Å². The highest BCUT2D eigenvalue weighted by Crippen LogP contribution is 2.36. The van der Waals surface area contributed by atoms with Gasteiger partial charge in [0.05, 0.1) is 5.52 Å². The van der Waals surface area contributed by atoms with Crippen LogP contribution < -0.4 is 0 Å². The van der Waals surface area contributed by atoms with Crippen LogP contribution in [0, 0.1) is 45.3 Å². The number of allylic oxidation sites excluding steroid dienone is 6. The summed E-state index contributed by atoms with van der Waals surface area (Å²) in [6.45, 7) is 0. The van der Waals surface area contributed by atoms with Gasteiger partial charge in [-0.25, -0.2) is 0 Å². The zero-order valence-corrected chi connectivity index (χ0v) is 18.2. The molecular formula is C28H15N5O2. The van der Waals surface area contributed by atoms with E-state index in [0.29, 0.717) is 23.0 Å². The van der Waals surface area contributed by atoms with E-state index in [2.05, 4.69) is 4.98 Å². The minimum Gasteiger partial charge on any atom is -0.457 e. The molecule has 0 bridgehead atoms. The van der Waals surface area contributed by atoms with Crippen molar-refractivity contribution in [1.82, 2.24) is 4.98 Å². The van der Waals surface area contributed by atoms with Gasteiger partial charge in [-0.1, -0.05) is 12.2 Å². The van der Waals surface area contributed by atoms with Gasteiger partial charge < -0.3 is 13.8 Å². The molecule has 7 nitrogen and oxygen atoms in total. The first-order valence-electron chi connectivity index (χ1n) is 10.3. The monoisotopic (exact) mass is 453 g/mol. The van der Waals surface area contributed by atoms with Crippen LogP contribution in [0.4, 0.5) is 0 Å². The van der Waals surface area contributed by atoms with E-state index in [-0.39, 0.29) is 11.1 Å². The summed E-state index contributed by atoms with van der Waals surface area (Å²) in [4.78, 5) is 3.26. The maximum absolute atomic E-state index is 8.80. The second-order valence-electron chi connectivity index (χ2n) is 7.16. The van der Waals surface area contributed by atoms with Crippen LogP contribution in [0.3, 0.4) is 0 Å². The number of aromatic nitrogens is 1. The molecule has 35 heavy (non-hydrogen) atoms. The Morgan fingerprint density at radius 3 is 1.71 bits per heavy atom. The minimum atomic E-state index is 0.0128. The first kappa shape index (κ1) is 22.4. The quantitative estimate of drug-likeness (QED) is 0.256. The van der Waals surface area contributed by atoms with E-state index in [1.54, 1.807) is 48.6 Å². The first-order chi connectivity index (χ1) is 17.2. The summed E-state index contributed by atoms with van der Waals surface area (Å²) in [5.41, 5.74) is 2.68. The Bertz CT molecular complexity index is 1540. The van der Waals surface area contributed by atoms with Gasteiger partial charge in [-0.2, -0.15) is 21.0 Å². The molecule has 0 atom stereocenters. The third-order valence-electron chi connectivity index (χ3n) is 5.04. The van der Waals surface area contributed by atoms with E-state index in [0.717, 1.165) is 22.0 Å². The fraction of sp³-hybridized carbons (Fsp3) is 0. The van der Waals surface area contributed by atoms with Crippen molar-refractivity contribution < 1.29 is 8.83 Å². The maximum atomic E-state index is 8.80. The second-order valence-corrected chi connectivity index (χ2v) is 7.16. The summed E-state index contributed by atoms with van der Waals surface area (Å²) in [6.07, 6.45) is 11.3. The second kappa shape index (κ2) is 10.2. The highest BCUT2D eigenvalue weighted by molar-refractivity contribution is 6.01. The van der Waals surface area contributed by atoms with E-state index in [4.69, 9.17) is 29.9 Å². The summed E-state index contributed by atoms with van der Waals surface area (Å²) < 4.78 is 11.9. The number of fused-ring (bicyclic) bond motifs is 1. The highest BCUT2D eigenvalue weighted by Gasteiger charge is 2.14. The van der Waals surface area contributed by atoms with E-state index >= 15 is 0 Å². The van der Waals surface area contributed by atoms with Gasteiger partial charge >= 0.3 is 0 Å². The highest BCUT2D eigenvalue weighted by atomic mass is 16.3. The van der Waals surface area contributed by atoms with E-state index in [9.17, 15) is 0 Å². The van der Waals surface area contributed by atoms with Gasteiger partial charge in [-0.15, -0.1) is 0 Å². The fourth-order valence-corrected chi connectivity index (χ4v) is 3.43. The van der Waals surface area contributed by atoms with Crippen molar-refractivity contribution in [1.29, 1.82) is 21.0 Å². The number of hydrogen-bond acceptors (Lipinski definition) is 6. The van der Waals surface area contributed by atoms with Gasteiger partial charge in [0.15, 0.2) is 0 Å². The lowest BCUT2D eigenvalue weighted by Gasteiger charge is -2.05. The molecule has 0 saturated heterocycles. The smallest absolute Gasteiger partial charge is 0.136 e. The Kier molecular flexibility index (Phi) is 6.56. The molecule has 0 aliphatic heterocycles. The van der Waals surface area contributed by atoms with Crippen molar-refractivity contribution in [2.75, 3.05) is 0 Å². The number of aromatic amines is 1. The zero-order valence-electron chi connectivity index (χ0n) is 18.2. The number of hydrogen-bond donors (Lipinski definition) is 1. The number of rotatable bonds is 6. The molecule has 3 aromatic heterocycles. The average molecular weight is 453 g/mol. The lowest BCUT2D eigenvalue weighted by Crippen LogP contribution is -1.82. The molecule has 1 N–H and O–H groups in total. The van der Waals surface area contributed by atoms with E-state index in [1.807, 2.05) is 48.7 Å². The number of nitrogens with zero attached hydrogens (tertiary/aromatic N) is 4. The number of nitriles is 4. The van der Waals surface area contributed by atoms with Crippen LogP contribution in [-0.4, -0.2) is 4.98 Å². The number of furan rings is 2. The number of benzene rings is 1. The Morgan fingerprint density at radius 2 is 1.17 bits per heavy atom. The van der Waals surface area contributed by atoms with Gasteiger partial charge in [0.2, 0.25) is 0 Å². The van der Waals surface area contributed by atoms with Gasteiger partial charge in [0.25, 0.3) is 0 Å². The minimum absolute atomic E-state index is 0.0128. The molecule has 0 saturated carbocycles. The third kappa shape index (κ3) is 4.86. The number of H-pyrrole nitrogens is 1. The Morgan fingerprint density at radius 1 is 0.657 bits per heavy atom. The Balaban J connectivity index is 1.62. The summed E-state index contributed by atoms with van der Waals surface area (Å²) in [7, 11) is 0. The standard InChI is InChI=1S/C28H15N5O2/c29-15-19(16-30)3-1-5-21-7-11-26(34-21)23-9-10-25(28-24(23)13-14-33-28)27-12-8-22(35-27)6-2-4-20(17-31)18-32/h1-14,33H/b5-1+,6-2+. The average Bonchev–Trinajstić information content (AvgIpc) is 3.65. The lowest BCUT2D eigenvalue weighted by molar-refractivity contribution is 0.571. The molecule has 0 amide bonds. The van der Waals surface area contributed by atoms with Crippen molar-refractivity contribution in [3.8, 4) is 46.9 Å². The third-order valence-corrected chi connectivity index (χ3v) is 5.04. The van der Waals surface area contributed by atoms with E-state index < -0.39 is 0 Å². The molecule has 1 aromatic carbocycles. The molecule has 0 aliphatic rings. The predicted octanol–water partition coefficient (Wildman–Crippen LogP) is 6.66. The molecule has 0 unspecified atom stereocenters. The first-order valence-corrected chi connectivity index (χ1v) is 10.3. The van der Waals surface area contributed by atoms with Crippen molar-refractivity contribution in [2.45, 2.75) is 0 Å². The zero-order chi connectivity index (χ0) is 24.6. The summed E-state index contributed by atoms with van der Waals surface area (Å²) in [5.74, 6) is 2.51. The van der Waals surface area contributed by atoms with Crippen molar-refractivity contribution in [2.24, 2.45) is 0 Å². The Hall–Kier alpha value is -5.76. The Labute approximate surface area is 200 Å². The van der Waals surface area contributed by atoms with Crippen molar-refractivity contribution in [3.63, 3.8) is 0 Å². The molecular weight excluding hydrogens is 438 g/mol. The summed E-state index contributed by atoms with van der Waals surface area (Å²) in [6, 6.07) is 20.4. The normalized spacial score (nSPS) is 10.5. The SMILES string of the molecule is N#CC(C#N)=C/C=C/c1ccc(-c2ccc(-c3ccc(/C=C/C=C(C#N)C#N)o3)c3[nH]ccc23)o1. The molecule has 0 spiro atoms. The maximum Gasteiger partial charge on any atom is 0.136 e. The summed E-state index contributed by atoms with van der Waals surface area (Å²) in [5, 5.41) is 36.2. The lowest BCUT2D eigenvalue weighted by atomic mass is 10.0. The van der Waals surface area contributed by atoms with Gasteiger partial charge in [0.1, 0.15) is 58.5 Å². The molecule has 164 valence electrons. The van der Waals surface area contributed by atoms with Crippen molar-refractivity contribution in [3.05, 3.63) is 95.6 Å². The number of nitrogens with one attached hydrogen (secondary N) is 1. The molecule has 0 fully saturated rings. The van der Waals surface area contributed by atoms with Gasteiger partial charge in [-0.05, 0) is 66.8 Å². The topological polar surface area (TPSA) is 137 Å². The molecule has 4 rings (SSSR count). The van der Waals surface area contributed by atoms with Gasteiger partial charge in [-0.3, -0.25) is 0 Å². The van der Waals surface area contributed by atoms with E-state index in [1.165, 1.54) is 12.2 Å². The van der Waals surface area contributed by atoms with Crippen LogP contribution in [-0.2, 0) is 0 Å². The molecule has 4 aromatic rings. The largest absolute Gasteiger partial charge is 0.457 e.